The van der Waals surface area contributed by atoms with Crippen LogP contribution in [0.1, 0.15) is 56.8 Å². The number of benzene rings is 1. The molecule has 4 rings (SSSR count). The molecule has 0 bridgehead atoms. The molecule has 2 fully saturated rings. The van der Waals surface area contributed by atoms with Gasteiger partial charge in [0.05, 0.1) is 0 Å². The fourth-order valence-corrected chi connectivity index (χ4v) is 4.25. The Morgan fingerprint density at radius 2 is 1.97 bits per heavy atom. The number of aromatic nitrogens is 1. The van der Waals surface area contributed by atoms with Crippen molar-refractivity contribution in [3.63, 3.8) is 0 Å². The monoisotopic (exact) mass is 398 g/mol. The third kappa shape index (κ3) is 4.89. The second-order valence-corrected chi connectivity index (χ2v) is 8.06. The van der Waals surface area contributed by atoms with Crippen molar-refractivity contribution in [2.75, 3.05) is 32.7 Å². The summed E-state index contributed by atoms with van der Waals surface area (Å²) in [6, 6.07) is 7.80. The molecule has 2 aliphatic heterocycles. The molecular formula is C22H30N4O3. The van der Waals surface area contributed by atoms with Crippen molar-refractivity contribution in [2.24, 2.45) is 0 Å². The SMILES string of the molecule is O=C1CCCCCN1CCCNC(=O)N1CCC(c2nc3ccccc3o2)CC1. The summed E-state index contributed by atoms with van der Waals surface area (Å²) in [7, 11) is 0. The van der Waals surface area contributed by atoms with Crippen LogP contribution in [-0.4, -0.2) is 59.4 Å². The van der Waals surface area contributed by atoms with E-state index in [1.807, 2.05) is 34.1 Å². The van der Waals surface area contributed by atoms with Crippen LogP contribution >= 0.6 is 0 Å². The number of amides is 3. The van der Waals surface area contributed by atoms with Gasteiger partial charge < -0.3 is 19.5 Å². The average Bonchev–Trinajstić information content (AvgIpc) is 3.08. The van der Waals surface area contributed by atoms with Crippen molar-refractivity contribution >= 4 is 23.0 Å². The van der Waals surface area contributed by atoms with Crippen LogP contribution in [0.15, 0.2) is 28.7 Å². The minimum atomic E-state index is -0.0109. The quantitative estimate of drug-likeness (QED) is 0.782. The van der Waals surface area contributed by atoms with Gasteiger partial charge in [-0.05, 0) is 44.2 Å². The van der Waals surface area contributed by atoms with E-state index in [2.05, 4.69) is 10.3 Å². The van der Waals surface area contributed by atoms with Gasteiger partial charge in [-0.1, -0.05) is 18.6 Å². The summed E-state index contributed by atoms with van der Waals surface area (Å²) in [5.74, 6) is 1.31. The van der Waals surface area contributed by atoms with Gasteiger partial charge in [-0.15, -0.1) is 0 Å². The molecule has 0 saturated carbocycles. The molecule has 29 heavy (non-hydrogen) atoms. The van der Waals surface area contributed by atoms with Gasteiger partial charge in [0.2, 0.25) is 5.91 Å². The van der Waals surface area contributed by atoms with Gasteiger partial charge in [-0.3, -0.25) is 4.79 Å². The molecule has 0 spiro atoms. The Hall–Kier alpha value is -2.57. The number of piperidine rings is 1. The molecule has 0 radical (unpaired) electrons. The van der Waals surface area contributed by atoms with Gasteiger partial charge in [-0.2, -0.15) is 0 Å². The topological polar surface area (TPSA) is 78.7 Å². The fourth-order valence-electron chi connectivity index (χ4n) is 4.25. The first kappa shape index (κ1) is 19.7. The number of carbonyl (C=O) groups is 2. The van der Waals surface area contributed by atoms with Crippen LogP contribution in [0.4, 0.5) is 4.79 Å². The molecule has 2 aliphatic rings. The van der Waals surface area contributed by atoms with Gasteiger partial charge in [0.15, 0.2) is 11.5 Å². The molecule has 0 atom stereocenters. The van der Waals surface area contributed by atoms with Gasteiger partial charge in [0, 0.05) is 45.1 Å². The highest BCUT2D eigenvalue weighted by atomic mass is 16.3. The van der Waals surface area contributed by atoms with Gasteiger partial charge in [0.25, 0.3) is 0 Å². The van der Waals surface area contributed by atoms with Crippen molar-refractivity contribution in [3.8, 4) is 0 Å². The number of nitrogens with zero attached hydrogens (tertiary/aromatic N) is 3. The van der Waals surface area contributed by atoms with Gasteiger partial charge in [0.1, 0.15) is 5.52 Å². The zero-order valence-electron chi connectivity index (χ0n) is 16.9. The second-order valence-electron chi connectivity index (χ2n) is 8.06. The Labute approximate surface area is 171 Å². The predicted octanol–water partition coefficient (Wildman–Crippen LogP) is 3.51. The number of carbonyl (C=O) groups excluding carboxylic acids is 2. The first-order chi connectivity index (χ1) is 14.2. The highest BCUT2D eigenvalue weighted by Crippen LogP contribution is 2.29. The van der Waals surface area contributed by atoms with Crippen LogP contribution in [0.5, 0.6) is 0 Å². The summed E-state index contributed by atoms with van der Waals surface area (Å²) < 4.78 is 5.90. The number of nitrogens with one attached hydrogen (secondary N) is 1. The molecule has 2 saturated heterocycles. The number of hydrogen-bond acceptors (Lipinski definition) is 4. The third-order valence-electron chi connectivity index (χ3n) is 5.99. The van der Waals surface area contributed by atoms with E-state index in [9.17, 15) is 9.59 Å². The van der Waals surface area contributed by atoms with E-state index < -0.39 is 0 Å². The third-order valence-corrected chi connectivity index (χ3v) is 5.99. The zero-order chi connectivity index (χ0) is 20.1. The first-order valence-corrected chi connectivity index (χ1v) is 10.9. The lowest BCUT2D eigenvalue weighted by Crippen LogP contribution is -2.44. The number of likely N-dealkylation sites (tertiary alicyclic amines) is 2. The van der Waals surface area contributed by atoms with Crippen molar-refractivity contribution in [3.05, 3.63) is 30.2 Å². The summed E-state index contributed by atoms with van der Waals surface area (Å²) in [5.41, 5.74) is 1.72. The number of hydrogen-bond donors (Lipinski definition) is 1. The van der Waals surface area contributed by atoms with Crippen LogP contribution in [0, 0.1) is 0 Å². The average molecular weight is 399 g/mol. The van der Waals surface area contributed by atoms with Crippen molar-refractivity contribution in [1.82, 2.24) is 20.1 Å². The summed E-state index contributed by atoms with van der Waals surface area (Å²) in [6.07, 6.45) is 6.43. The molecule has 7 nitrogen and oxygen atoms in total. The lowest BCUT2D eigenvalue weighted by Gasteiger charge is -2.30. The molecule has 0 aliphatic carbocycles. The number of urea groups is 1. The number of fused-ring (bicyclic) bond motifs is 1. The van der Waals surface area contributed by atoms with Gasteiger partial charge >= 0.3 is 6.03 Å². The maximum atomic E-state index is 12.4. The summed E-state index contributed by atoms with van der Waals surface area (Å²) in [6.45, 7) is 3.61. The molecule has 3 heterocycles. The molecule has 1 aromatic heterocycles. The summed E-state index contributed by atoms with van der Waals surface area (Å²) in [4.78, 5) is 32.9. The van der Waals surface area contributed by atoms with Crippen LogP contribution in [0.3, 0.4) is 0 Å². The molecule has 1 N–H and O–H groups in total. The molecule has 3 amide bonds. The minimum absolute atomic E-state index is 0.0109. The van der Waals surface area contributed by atoms with E-state index in [4.69, 9.17) is 4.42 Å². The number of para-hydroxylation sites is 2. The van der Waals surface area contributed by atoms with Crippen LogP contribution < -0.4 is 5.32 Å². The first-order valence-electron chi connectivity index (χ1n) is 10.9. The van der Waals surface area contributed by atoms with Crippen LogP contribution in [0.25, 0.3) is 11.1 Å². The molecular weight excluding hydrogens is 368 g/mol. The standard InChI is InChI=1S/C22H30N4O3/c27-20-9-2-1-5-13-25(20)14-6-12-23-22(28)26-15-10-17(11-16-26)21-24-18-7-3-4-8-19(18)29-21/h3-4,7-8,17H,1-2,5-6,9-16H2,(H,23,28). The van der Waals surface area contributed by atoms with E-state index in [-0.39, 0.29) is 17.9 Å². The molecule has 0 unspecified atom stereocenters. The Bertz CT molecular complexity index is 808. The maximum absolute atomic E-state index is 12.4. The Kier molecular flexibility index (Phi) is 6.32. The smallest absolute Gasteiger partial charge is 0.317 e. The predicted molar refractivity (Wildman–Crippen MR) is 111 cm³/mol. The lowest BCUT2D eigenvalue weighted by molar-refractivity contribution is -0.130. The van der Waals surface area contributed by atoms with E-state index in [0.717, 1.165) is 68.6 Å². The molecule has 2 aromatic rings. The fraction of sp³-hybridized carbons (Fsp3) is 0.591. The summed E-state index contributed by atoms with van der Waals surface area (Å²) >= 11 is 0. The number of oxazole rings is 1. The normalized spacial score (nSPS) is 18.8. The largest absolute Gasteiger partial charge is 0.440 e. The maximum Gasteiger partial charge on any atom is 0.317 e. The highest BCUT2D eigenvalue weighted by Gasteiger charge is 2.27. The van der Waals surface area contributed by atoms with Crippen molar-refractivity contribution in [1.29, 1.82) is 0 Å². The van der Waals surface area contributed by atoms with Crippen molar-refractivity contribution in [2.45, 2.75) is 50.9 Å². The molecule has 156 valence electrons. The van der Waals surface area contributed by atoms with Crippen LogP contribution in [-0.2, 0) is 4.79 Å². The molecule has 1 aromatic carbocycles. The molecule has 7 heteroatoms. The second kappa shape index (κ2) is 9.29. The lowest BCUT2D eigenvalue weighted by atomic mass is 9.97. The Morgan fingerprint density at radius 1 is 1.14 bits per heavy atom. The van der Waals surface area contributed by atoms with E-state index in [0.29, 0.717) is 26.1 Å². The number of rotatable bonds is 5. The summed E-state index contributed by atoms with van der Waals surface area (Å²) in [5, 5.41) is 3.01. The van der Waals surface area contributed by atoms with E-state index in [1.165, 1.54) is 0 Å². The highest BCUT2D eigenvalue weighted by molar-refractivity contribution is 5.76. The van der Waals surface area contributed by atoms with Gasteiger partial charge in [-0.25, -0.2) is 9.78 Å². The Morgan fingerprint density at radius 3 is 2.79 bits per heavy atom. The Balaban J connectivity index is 1.18. The van der Waals surface area contributed by atoms with E-state index >= 15 is 0 Å². The van der Waals surface area contributed by atoms with Crippen LogP contribution in [0.2, 0.25) is 0 Å². The van der Waals surface area contributed by atoms with E-state index in [1.54, 1.807) is 0 Å². The van der Waals surface area contributed by atoms with Crippen molar-refractivity contribution < 1.29 is 14.0 Å². The zero-order valence-corrected chi connectivity index (χ0v) is 16.9. The minimum Gasteiger partial charge on any atom is -0.440 e.